The summed E-state index contributed by atoms with van der Waals surface area (Å²) in [5.41, 5.74) is 18.6. The number of anilines is 2. The predicted molar refractivity (Wildman–Crippen MR) is 144 cm³/mol. The quantitative estimate of drug-likeness (QED) is 0.381. The SMILES string of the molecule is CC.CCc1cccc(CC)c1-c1cc(CC)c2c(n1)CCCC2Nc1cc(N)ccc1C. The molecule has 176 valence electrons. The van der Waals surface area contributed by atoms with E-state index in [0.717, 1.165) is 55.6 Å². The highest BCUT2D eigenvalue weighted by Crippen LogP contribution is 2.38. The molecule has 1 heterocycles. The minimum atomic E-state index is 0.285. The van der Waals surface area contributed by atoms with Gasteiger partial charge in [0, 0.05) is 22.6 Å². The highest BCUT2D eigenvalue weighted by atomic mass is 14.9. The zero-order valence-corrected chi connectivity index (χ0v) is 21.4. The zero-order valence-electron chi connectivity index (χ0n) is 21.4. The number of nitrogens with two attached hydrogens (primary N) is 1. The molecule has 0 saturated carbocycles. The van der Waals surface area contributed by atoms with Gasteiger partial charge < -0.3 is 11.1 Å². The maximum Gasteiger partial charge on any atom is 0.0713 e. The Morgan fingerprint density at radius 2 is 1.61 bits per heavy atom. The first-order valence-corrected chi connectivity index (χ1v) is 12.8. The van der Waals surface area contributed by atoms with Gasteiger partial charge in [0.15, 0.2) is 0 Å². The Morgan fingerprint density at radius 3 is 2.24 bits per heavy atom. The van der Waals surface area contributed by atoms with Crippen LogP contribution in [0, 0.1) is 6.92 Å². The molecule has 0 spiro atoms. The molecule has 0 aliphatic heterocycles. The first-order chi connectivity index (χ1) is 16.0. The number of hydrogen-bond donors (Lipinski definition) is 2. The molecule has 3 nitrogen and oxygen atoms in total. The summed E-state index contributed by atoms with van der Waals surface area (Å²) in [6.07, 6.45) is 6.41. The summed E-state index contributed by atoms with van der Waals surface area (Å²) in [6.45, 7) is 12.9. The van der Waals surface area contributed by atoms with Gasteiger partial charge >= 0.3 is 0 Å². The van der Waals surface area contributed by atoms with Crippen molar-refractivity contribution in [3.63, 3.8) is 0 Å². The third kappa shape index (κ3) is 5.24. The fourth-order valence-corrected chi connectivity index (χ4v) is 5.02. The smallest absolute Gasteiger partial charge is 0.0713 e. The van der Waals surface area contributed by atoms with Crippen LogP contribution in [-0.2, 0) is 25.7 Å². The highest BCUT2D eigenvalue weighted by Gasteiger charge is 2.26. The molecule has 3 aromatic rings. The van der Waals surface area contributed by atoms with E-state index in [-0.39, 0.29) is 6.04 Å². The summed E-state index contributed by atoms with van der Waals surface area (Å²) in [5, 5.41) is 3.81. The molecule has 3 N–H and O–H groups in total. The van der Waals surface area contributed by atoms with Gasteiger partial charge in [-0.15, -0.1) is 0 Å². The maximum absolute atomic E-state index is 6.07. The Kier molecular flexibility index (Phi) is 8.55. The number of nitrogens with zero attached hydrogens (tertiary/aromatic N) is 1. The van der Waals surface area contributed by atoms with E-state index in [2.05, 4.69) is 69.4 Å². The molecular weight excluding hydrogens is 402 g/mol. The Bertz CT molecular complexity index is 1040. The molecule has 33 heavy (non-hydrogen) atoms. The van der Waals surface area contributed by atoms with E-state index in [1.807, 2.05) is 19.9 Å². The molecule has 0 bridgehead atoms. The van der Waals surface area contributed by atoms with Crippen LogP contribution in [0.15, 0.2) is 42.5 Å². The summed E-state index contributed by atoms with van der Waals surface area (Å²) in [7, 11) is 0. The lowest BCUT2D eigenvalue weighted by Gasteiger charge is -2.30. The second-order valence-corrected chi connectivity index (χ2v) is 8.70. The second kappa shape index (κ2) is 11.4. The van der Waals surface area contributed by atoms with Crippen molar-refractivity contribution in [2.24, 2.45) is 0 Å². The van der Waals surface area contributed by atoms with Crippen molar-refractivity contribution in [2.45, 2.75) is 86.1 Å². The number of aryl methyl sites for hydroxylation is 5. The van der Waals surface area contributed by atoms with Crippen LogP contribution in [0.1, 0.15) is 87.0 Å². The van der Waals surface area contributed by atoms with Crippen LogP contribution in [0.4, 0.5) is 11.4 Å². The molecule has 1 aromatic heterocycles. The minimum Gasteiger partial charge on any atom is -0.399 e. The Balaban J connectivity index is 0.00000149. The molecule has 0 radical (unpaired) electrons. The number of rotatable bonds is 6. The third-order valence-electron chi connectivity index (χ3n) is 6.71. The van der Waals surface area contributed by atoms with Gasteiger partial charge in [-0.25, -0.2) is 0 Å². The van der Waals surface area contributed by atoms with Gasteiger partial charge in [0.2, 0.25) is 0 Å². The largest absolute Gasteiger partial charge is 0.399 e. The number of fused-ring (bicyclic) bond motifs is 1. The lowest BCUT2D eigenvalue weighted by Crippen LogP contribution is -2.21. The fourth-order valence-electron chi connectivity index (χ4n) is 5.02. The number of nitrogen functional groups attached to an aromatic ring is 1. The van der Waals surface area contributed by atoms with Crippen LogP contribution in [0.2, 0.25) is 0 Å². The van der Waals surface area contributed by atoms with Gasteiger partial charge in [0.25, 0.3) is 0 Å². The van der Waals surface area contributed by atoms with Crippen molar-refractivity contribution in [1.82, 2.24) is 4.98 Å². The van der Waals surface area contributed by atoms with Gasteiger partial charge in [-0.1, -0.05) is 58.9 Å². The van der Waals surface area contributed by atoms with Crippen LogP contribution < -0.4 is 11.1 Å². The highest BCUT2D eigenvalue weighted by molar-refractivity contribution is 5.70. The zero-order chi connectivity index (χ0) is 24.0. The molecule has 1 aliphatic carbocycles. The predicted octanol–water partition coefficient (Wildman–Crippen LogP) is 7.84. The fraction of sp³-hybridized carbons (Fsp3) is 0.433. The summed E-state index contributed by atoms with van der Waals surface area (Å²) < 4.78 is 0. The average molecular weight is 444 g/mol. The molecule has 0 saturated heterocycles. The summed E-state index contributed by atoms with van der Waals surface area (Å²) in [4.78, 5) is 5.28. The number of pyridine rings is 1. The second-order valence-electron chi connectivity index (χ2n) is 8.70. The lowest BCUT2D eigenvalue weighted by atomic mass is 9.85. The van der Waals surface area contributed by atoms with Crippen LogP contribution in [0.25, 0.3) is 11.3 Å². The Morgan fingerprint density at radius 1 is 0.939 bits per heavy atom. The molecular formula is C30H41N3. The molecule has 0 amide bonds. The number of benzene rings is 2. The van der Waals surface area contributed by atoms with E-state index in [1.165, 1.54) is 39.1 Å². The topological polar surface area (TPSA) is 50.9 Å². The van der Waals surface area contributed by atoms with Crippen molar-refractivity contribution in [3.05, 3.63) is 76.0 Å². The molecule has 2 aromatic carbocycles. The van der Waals surface area contributed by atoms with Crippen LogP contribution in [0.3, 0.4) is 0 Å². The number of nitrogens with one attached hydrogen (secondary N) is 1. The van der Waals surface area contributed by atoms with Gasteiger partial charge in [0.05, 0.1) is 11.7 Å². The molecule has 4 rings (SSSR count). The minimum absolute atomic E-state index is 0.285. The van der Waals surface area contributed by atoms with E-state index in [4.69, 9.17) is 10.7 Å². The van der Waals surface area contributed by atoms with Crippen molar-refractivity contribution in [1.29, 1.82) is 0 Å². The maximum atomic E-state index is 6.07. The average Bonchev–Trinajstić information content (AvgIpc) is 2.86. The summed E-state index contributed by atoms with van der Waals surface area (Å²) >= 11 is 0. The normalized spacial score (nSPS) is 14.8. The first kappa shape index (κ1) is 24.8. The van der Waals surface area contributed by atoms with E-state index in [1.54, 1.807) is 0 Å². The summed E-state index contributed by atoms with van der Waals surface area (Å²) in [6, 6.07) is 15.5. The molecule has 1 aliphatic rings. The molecule has 3 heteroatoms. The van der Waals surface area contributed by atoms with E-state index < -0.39 is 0 Å². The monoisotopic (exact) mass is 443 g/mol. The Hall–Kier alpha value is -2.81. The Labute approximate surface area is 200 Å². The molecule has 1 unspecified atom stereocenters. The lowest BCUT2D eigenvalue weighted by molar-refractivity contribution is 0.583. The van der Waals surface area contributed by atoms with Gasteiger partial charge in [-0.05, 0) is 91.5 Å². The van der Waals surface area contributed by atoms with Crippen molar-refractivity contribution in [2.75, 3.05) is 11.1 Å². The van der Waals surface area contributed by atoms with Crippen molar-refractivity contribution >= 4 is 11.4 Å². The number of aromatic nitrogens is 1. The van der Waals surface area contributed by atoms with Crippen molar-refractivity contribution < 1.29 is 0 Å². The standard InChI is InChI=1S/C28H35N3.C2H6/c1-5-19-10-8-11-20(6-2)27(19)26-16-21(7-3)28-23(12-9-13-24(28)31-26)30-25-17-22(29)15-14-18(25)4;1-2/h8,10-11,14-17,23,30H,5-7,9,12-13,29H2,1-4H3;1-2H3. The number of hydrogen-bond acceptors (Lipinski definition) is 3. The van der Waals surface area contributed by atoms with Gasteiger partial charge in [-0.2, -0.15) is 0 Å². The van der Waals surface area contributed by atoms with E-state index in [0.29, 0.717) is 0 Å². The molecule has 0 fully saturated rings. The van der Waals surface area contributed by atoms with Crippen LogP contribution >= 0.6 is 0 Å². The van der Waals surface area contributed by atoms with E-state index >= 15 is 0 Å². The van der Waals surface area contributed by atoms with Crippen LogP contribution in [-0.4, -0.2) is 4.98 Å². The van der Waals surface area contributed by atoms with Gasteiger partial charge in [0.1, 0.15) is 0 Å². The third-order valence-corrected chi connectivity index (χ3v) is 6.71. The van der Waals surface area contributed by atoms with E-state index in [9.17, 15) is 0 Å². The van der Waals surface area contributed by atoms with Crippen LogP contribution in [0.5, 0.6) is 0 Å². The summed E-state index contributed by atoms with van der Waals surface area (Å²) in [5.74, 6) is 0. The van der Waals surface area contributed by atoms with Crippen molar-refractivity contribution in [3.8, 4) is 11.3 Å². The first-order valence-electron chi connectivity index (χ1n) is 12.8. The van der Waals surface area contributed by atoms with Gasteiger partial charge in [-0.3, -0.25) is 4.98 Å². The molecule has 1 atom stereocenters.